The van der Waals surface area contributed by atoms with Gasteiger partial charge in [0.2, 0.25) is 16.8 Å². The zero-order valence-electron chi connectivity index (χ0n) is 13.1. The van der Waals surface area contributed by atoms with Crippen LogP contribution in [0, 0.1) is 0 Å². The lowest BCUT2D eigenvalue weighted by molar-refractivity contribution is 0.0696. The Balaban J connectivity index is 1.80. The molecular formula is C17H15NO6S. The van der Waals surface area contributed by atoms with E-state index in [-0.39, 0.29) is 23.3 Å². The summed E-state index contributed by atoms with van der Waals surface area (Å²) in [5.74, 6) is -0.0504. The molecule has 1 heterocycles. The molecule has 0 saturated heterocycles. The van der Waals surface area contributed by atoms with Crippen LogP contribution in [0.4, 0.5) is 0 Å². The molecule has 7 nitrogen and oxygen atoms in total. The molecule has 0 bridgehead atoms. The van der Waals surface area contributed by atoms with Crippen molar-refractivity contribution in [2.75, 3.05) is 6.79 Å². The zero-order chi connectivity index (χ0) is 17.6. The van der Waals surface area contributed by atoms with Gasteiger partial charge in [-0.2, -0.15) is 0 Å². The Morgan fingerprint density at radius 1 is 1.04 bits per heavy atom. The van der Waals surface area contributed by atoms with E-state index < -0.39 is 16.0 Å². The predicted molar refractivity (Wildman–Crippen MR) is 88.3 cm³/mol. The average molecular weight is 361 g/mol. The van der Waals surface area contributed by atoms with Gasteiger partial charge in [0.05, 0.1) is 10.5 Å². The number of carbonyl (C=O) groups is 1. The summed E-state index contributed by atoms with van der Waals surface area (Å²) in [6, 6.07) is 9.16. The van der Waals surface area contributed by atoms with Crippen LogP contribution < -0.4 is 14.2 Å². The average Bonchev–Trinajstić information content (AvgIpc) is 3.25. The number of ether oxygens (including phenoxy) is 2. The van der Waals surface area contributed by atoms with Crippen molar-refractivity contribution >= 4 is 16.0 Å². The lowest BCUT2D eigenvalue weighted by atomic mass is 10.0. The third kappa shape index (κ3) is 3.18. The van der Waals surface area contributed by atoms with Crippen molar-refractivity contribution in [3.8, 4) is 22.6 Å². The van der Waals surface area contributed by atoms with Gasteiger partial charge in [-0.1, -0.05) is 6.07 Å². The summed E-state index contributed by atoms with van der Waals surface area (Å²) in [5.41, 5.74) is 1.04. The first-order valence-electron chi connectivity index (χ1n) is 7.73. The van der Waals surface area contributed by atoms with Crippen LogP contribution in [0.1, 0.15) is 23.2 Å². The molecule has 8 heteroatoms. The fraction of sp³-hybridized carbons (Fsp3) is 0.235. The summed E-state index contributed by atoms with van der Waals surface area (Å²) in [6.07, 6.45) is 1.60. The number of carboxylic acids is 1. The lowest BCUT2D eigenvalue weighted by Gasteiger charge is -2.10. The molecule has 1 fully saturated rings. The van der Waals surface area contributed by atoms with Crippen molar-refractivity contribution in [3.05, 3.63) is 42.0 Å². The molecular weight excluding hydrogens is 346 g/mol. The largest absolute Gasteiger partial charge is 0.478 e. The Kier molecular flexibility index (Phi) is 3.66. The van der Waals surface area contributed by atoms with E-state index in [2.05, 4.69) is 4.72 Å². The maximum Gasteiger partial charge on any atom is 0.335 e. The summed E-state index contributed by atoms with van der Waals surface area (Å²) >= 11 is 0. The van der Waals surface area contributed by atoms with Crippen molar-refractivity contribution in [3.63, 3.8) is 0 Å². The Morgan fingerprint density at radius 2 is 1.80 bits per heavy atom. The standard InChI is InChI=1S/C17H15NO6S/c19-17(20)12-5-11(10-1-4-15-16(8-10)24-9-23-15)6-14(7-12)25(21,22)18-13-2-3-13/h1,4-8,13,18H,2-3,9H2,(H,19,20). The fourth-order valence-corrected chi connectivity index (χ4v) is 3.98. The number of carboxylic acid groups (broad SMARTS) is 1. The molecule has 0 unspecified atom stereocenters. The molecule has 0 spiro atoms. The topological polar surface area (TPSA) is 102 Å². The van der Waals surface area contributed by atoms with E-state index in [0.717, 1.165) is 12.8 Å². The maximum absolute atomic E-state index is 12.5. The van der Waals surface area contributed by atoms with Gasteiger partial charge in [-0.3, -0.25) is 0 Å². The monoisotopic (exact) mass is 361 g/mol. The zero-order valence-corrected chi connectivity index (χ0v) is 13.9. The number of hydrogen-bond acceptors (Lipinski definition) is 5. The molecule has 2 aromatic rings. The van der Waals surface area contributed by atoms with Crippen molar-refractivity contribution < 1.29 is 27.8 Å². The van der Waals surface area contributed by atoms with E-state index in [1.54, 1.807) is 18.2 Å². The number of aromatic carboxylic acids is 1. The maximum atomic E-state index is 12.5. The number of benzene rings is 2. The minimum Gasteiger partial charge on any atom is -0.478 e. The molecule has 25 heavy (non-hydrogen) atoms. The van der Waals surface area contributed by atoms with E-state index in [0.29, 0.717) is 22.6 Å². The predicted octanol–water partition coefficient (Wildman–Crippen LogP) is 2.22. The van der Waals surface area contributed by atoms with Crippen molar-refractivity contribution in [1.29, 1.82) is 0 Å². The SMILES string of the molecule is O=C(O)c1cc(-c2ccc3c(c2)OCO3)cc(S(=O)(=O)NC2CC2)c1. The second-order valence-corrected chi connectivity index (χ2v) is 7.73. The Labute approximate surface area is 144 Å². The van der Waals surface area contributed by atoms with Crippen LogP contribution in [0.3, 0.4) is 0 Å². The Morgan fingerprint density at radius 3 is 2.52 bits per heavy atom. The van der Waals surface area contributed by atoms with Gasteiger partial charge < -0.3 is 14.6 Å². The molecule has 1 aliphatic carbocycles. The van der Waals surface area contributed by atoms with E-state index in [1.807, 2.05) is 0 Å². The van der Waals surface area contributed by atoms with Crippen molar-refractivity contribution in [2.45, 2.75) is 23.8 Å². The van der Waals surface area contributed by atoms with Crippen LogP contribution in [0.2, 0.25) is 0 Å². The highest BCUT2D eigenvalue weighted by atomic mass is 32.2. The summed E-state index contributed by atoms with van der Waals surface area (Å²) in [7, 11) is -3.76. The van der Waals surface area contributed by atoms with Gasteiger partial charge in [-0.15, -0.1) is 0 Å². The number of sulfonamides is 1. The second kappa shape index (κ2) is 5.75. The van der Waals surface area contributed by atoms with E-state index in [4.69, 9.17) is 9.47 Å². The molecule has 1 saturated carbocycles. The van der Waals surface area contributed by atoms with Crippen LogP contribution in [0.5, 0.6) is 11.5 Å². The van der Waals surface area contributed by atoms with Gasteiger partial charge in [0.25, 0.3) is 0 Å². The van der Waals surface area contributed by atoms with Crippen molar-refractivity contribution in [1.82, 2.24) is 4.72 Å². The van der Waals surface area contributed by atoms with Gasteiger partial charge in [0.1, 0.15) is 0 Å². The van der Waals surface area contributed by atoms with E-state index in [9.17, 15) is 18.3 Å². The molecule has 2 aliphatic rings. The lowest BCUT2D eigenvalue weighted by Crippen LogP contribution is -2.26. The van der Waals surface area contributed by atoms with Gasteiger partial charge in [-0.05, 0) is 54.3 Å². The van der Waals surface area contributed by atoms with Crippen LogP contribution in [0.25, 0.3) is 11.1 Å². The van der Waals surface area contributed by atoms with Crippen LogP contribution in [-0.2, 0) is 10.0 Å². The Hall–Kier alpha value is -2.58. The smallest absolute Gasteiger partial charge is 0.335 e. The summed E-state index contributed by atoms with van der Waals surface area (Å²) < 4.78 is 38.1. The highest BCUT2D eigenvalue weighted by Crippen LogP contribution is 2.36. The highest BCUT2D eigenvalue weighted by Gasteiger charge is 2.29. The van der Waals surface area contributed by atoms with Crippen LogP contribution in [-0.4, -0.2) is 32.3 Å². The van der Waals surface area contributed by atoms with Crippen LogP contribution in [0.15, 0.2) is 41.3 Å². The highest BCUT2D eigenvalue weighted by molar-refractivity contribution is 7.89. The Bertz CT molecular complexity index is 965. The van der Waals surface area contributed by atoms with Gasteiger partial charge >= 0.3 is 5.97 Å². The quantitative estimate of drug-likeness (QED) is 0.847. The molecule has 0 amide bonds. The first kappa shape index (κ1) is 15.9. The molecule has 2 N–H and O–H groups in total. The molecule has 0 aromatic heterocycles. The minimum absolute atomic E-state index is 0.0625. The number of fused-ring (bicyclic) bond motifs is 1. The summed E-state index contributed by atoms with van der Waals surface area (Å²) in [4.78, 5) is 11.4. The molecule has 0 atom stereocenters. The normalized spacial score (nSPS) is 16.0. The van der Waals surface area contributed by atoms with Gasteiger partial charge in [0.15, 0.2) is 11.5 Å². The molecule has 130 valence electrons. The second-order valence-electron chi connectivity index (χ2n) is 6.01. The number of nitrogens with one attached hydrogen (secondary N) is 1. The van der Waals surface area contributed by atoms with Crippen LogP contribution >= 0.6 is 0 Å². The minimum atomic E-state index is -3.76. The molecule has 4 rings (SSSR count). The first-order chi connectivity index (χ1) is 11.9. The third-order valence-electron chi connectivity index (χ3n) is 4.07. The fourth-order valence-electron chi connectivity index (χ4n) is 2.61. The summed E-state index contributed by atoms with van der Waals surface area (Å²) in [5, 5.41) is 9.34. The molecule has 2 aromatic carbocycles. The number of rotatable bonds is 5. The first-order valence-corrected chi connectivity index (χ1v) is 9.21. The molecule has 1 aliphatic heterocycles. The van der Waals surface area contributed by atoms with E-state index >= 15 is 0 Å². The van der Waals surface area contributed by atoms with Gasteiger partial charge in [-0.25, -0.2) is 17.9 Å². The third-order valence-corrected chi connectivity index (χ3v) is 5.57. The van der Waals surface area contributed by atoms with Crippen molar-refractivity contribution in [2.24, 2.45) is 0 Å². The van der Waals surface area contributed by atoms with Gasteiger partial charge in [0, 0.05) is 6.04 Å². The van der Waals surface area contributed by atoms with E-state index in [1.165, 1.54) is 18.2 Å². The number of hydrogen-bond donors (Lipinski definition) is 2. The molecule has 0 radical (unpaired) electrons. The summed E-state index contributed by atoms with van der Waals surface area (Å²) in [6.45, 7) is 0.124.